The van der Waals surface area contributed by atoms with Crippen LogP contribution in [-0.4, -0.2) is 61.5 Å². The minimum absolute atomic E-state index is 0.260. The lowest BCUT2D eigenvalue weighted by molar-refractivity contribution is -0.129. The SMILES string of the molecule is CCNC(=NCCCCSC)NCCC(=O)N1CCCC1. The summed E-state index contributed by atoms with van der Waals surface area (Å²) < 4.78 is 0. The molecule has 0 radical (unpaired) electrons. The highest BCUT2D eigenvalue weighted by molar-refractivity contribution is 7.98. The normalized spacial score (nSPS) is 15.3. The molecule has 1 heterocycles. The molecular formula is C15H30N4OS. The molecular weight excluding hydrogens is 284 g/mol. The van der Waals surface area contributed by atoms with Gasteiger partial charge in [0.15, 0.2) is 5.96 Å². The number of aliphatic imine (C=N–C) groups is 1. The van der Waals surface area contributed by atoms with E-state index < -0.39 is 0 Å². The van der Waals surface area contributed by atoms with E-state index in [1.807, 2.05) is 16.7 Å². The number of carbonyl (C=O) groups excluding carboxylic acids is 1. The molecule has 1 fully saturated rings. The summed E-state index contributed by atoms with van der Waals surface area (Å²) in [5.41, 5.74) is 0. The van der Waals surface area contributed by atoms with E-state index >= 15 is 0 Å². The van der Waals surface area contributed by atoms with Gasteiger partial charge in [-0.3, -0.25) is 9.79 Å². The van der Waals surface area contributed by atoms with E-state index in [0.29, 0.717) is 13.0 Å². The number of rotatable bonds is 9. The summed E-state index contributed by atoms with van der Waals surface area (Å²) in [5.74, 6) is 2.29. The first-order valence-electron chi connectivity index (χ1n) is 8.06. The van der Waals surface area contributed by atoms with Crippen molar-refractivity contribution in [1.29, 1.82) is 0 Å². The molecule has 0 aromatic heterocycles. The first-order chi connectivity index (χ1) is 10.3. The molecule has 1 saturated heterocycles. The Balaban J connectivity index is 2.19. The Kier molecular flexibility index (Phi) is 10.1. The van der Waals surface area contributed by atoms with E-state index in [1.165, 1.54) is 12.2 Å². The molecule has 0 aliphatic carbocycles. The minimum atomic E-state index is 0.260. The topological polar surface area (TPSA) is 56.7 Å². The first kappa shape index (κ1) is 18.1. The van der Waals surface area contributed by atoms with Gasteiger partial charge in [-0.25, -0.2) is 0 Å². The van der Waals surface area contributed by atoms with Crippen LogP contribution in [0, 0.1) is 0 Å². The molecule has 122 valence electrons. The Labute approximate surface area is 133 Å². The fraction of sp³-hybridized carbons (Fsp3) is 0.867. The van der Waals surface area contributed by atoms with Crippen LogP contribution in [0.1, 0.15) is 39.0 Å². The van der Waals surface area contributed by atoms with Crippen molar-refractivity contribution < 1.29 is 4.79 Å². The standard InChI is InChI=1S/C15H30N4OS/c1-3-16-15(17-9-4-7-13-21-2)18-10-8-14(20)19-11-5-6-12-19/h3-13H2,1-2H3,(H2,16,17,18). The monoisotopic (exact) mass is 314 g/mol. The van der Waals surface area contributed by atoms with E-state index in [9.17, 15) is 4.79 Å². The average molecular weight is 314 g/mol. The highest BCUT2D eigenvalue weighted by Crippen LogP contribution is 2.08. The lowest BCUT2D eigenvalue weighted by atomic mass is 10.3. The van der Waals surface area contributed by atoms with Gasteiger partial charge in [0.1, 0.15) is 0 Å². The van der Waals surface area contributed by atoms with Crippen molar-refractivity contribution in [2.24, 2.45) is 4.99 Å². The van der Waals surface area contributed by atoms with Gasteiger partial charge >= 0.3 is 0 Å². The van der Waals surface area contributed by atoms with Gasteiger partial charge in [0, 0.05) is 39.1 Å². The zero-order chi connectivity index (χ0) is 15.3. The van der Waals surface area contributed by atoms with E-state index in [1.54, 1.807) is 0 Å². The van der Waals surface area contributed by atoms with Gasteiger partial charge in [-0.1, -0.05) is 0 Å². The molecule has 0 aromatic rings. The predicted octanol–water partition coefficient (Wildman–Crippen LogP) is 1.70. The number of thioether (sulfide) groups is 1. The van der Waals surface area contributed by atoms with E-state index in [4.69, 9.17) is 0 Å². The molecule has 0 spiro atoms. The summed E-state index contributed by atoms with van der Waals surface area (Å²) in [7, 11) is 0. The number of guanidine groups is 1. The smallest absolute Gasteiger partial charge is 0.224 e. The number of unbranched alkanes of at least 4 members (excludes halogenated alkanes) is 1. The second-order valence-corrected chi connectivity index (χ2v) is 6.21. The fourth-order valence-corrected chi connectivity index (χ4v) is 2.80. The van der Waals surface area contributed by atoms with Crippen molar-refractivity contribution in [2.45, 2.75) is 39.0 Å². The summed E-state index contributed by atoms with van der Waals surface area (Å²) in [5, 5.41) is 6.48. The van der Waals surface area contributed by atoms with Crippen molar-refractivity contribution in [3.05, 3.63) is 0 Å². The second kappa shape index (κ2) is 11.7. The van der Waals surface area contributed by atoms with Crippen LogP contribution in [-0.2, 0) is 4.79 Å². The molecule has 1 rings (SSSR count). The molecule has 0 atom stereocenters. The Morgan fingerprint density at radius 3 is 2.67 bits per heavy atom. The molecule has 0 aromatic carbocycles. The Morgan fingerprint density at radius 2 is 2.00 bits per heavy atom. The quantitative estimate of drug-likeness (QED) is 0.386. The minimum Gasteiger partial charge on any atom is -0.357 e. The summed E-state index contributed by atoms with van der Waals surface area (Å²) in [4.78, 5) is 18.4. The number of carbonyl (C=O) groups is 1. The molecule has 1 aliphatic heterocycles. The Bertz CT molecular complexity index is 317. The largest absolute Gasteiger partial charge is 0.357 e. The lowest BCUT2D eigenvalue weighted by Crippen LogP contribution is -2.39. The van der Waals surface area contributed by atoms with Crippen LogP contribution < -0.4 is 10.6 Å². The molecule has 0 bridgehead atoms. The van der Waals surface area contributed by atoms with E-state index in [2.05, 4.69) is 28.8 Å². The summed E-state index contributed by atoms with van der Waals surface area (Å²) in [6, 6.07) is 0. The number of nitrogens with zero attached hydrogens (tertiary/aromatic N) is 2. The lowest BCUT2D eigenvalue weighted by Gasteiger charge is -2.16. The Morgan fingerprint density at radius 1 is 1.24 bits per heavy atom. The molecule has 0 saturated carbocycles. The van der Waals surface area contributed by atoms with E-state index in [-0.39, 0.29) is 5.91 Å². The zero-order valence-corrected chi connectivity index (χ0v) is 14.3. The van der Waals surface area contributed by atoms with Crippen LogP contribution >= 0.6 is 11.8 Å². The van der Waals surface area contributed by atoms with Crippen molar-refractivity contribution in [3.8, 4) is 0 Å². The number of nitrogens with one attached hydrogen (secondary N) is 2. The van der Waals surface area contributed by atoms with Crippen LogP contribution in [0.5, 0.6) is 0 Å². The summed E-state index contributed by atoms with van der Waals surface area (Å²) >= 11 is 1.88. The molecule has 21 heavy (non-hydrogen) atoms. The third-order valence-electron chi connectivity index (χ3n) is 3.46. The number of likely N-dealkylation sites (tertiary alicyclic amines) is 1. The van der Waals surface area contributed by atoms with Gasteiger partial charge in [-0.15, -0.1) is 0 Å². The average Bonchev–Trinajstić information content (AvgIpc) is 3.01. The third kappa shape index (κ3) is 8.19. The molecule has 1 amide bonds. The first-order valence-corrected chi connectivity index (χ1v) is 9.46. The van der Waals surface area contributed by atoms with Gasteiger partial charge in [0.25, 0.3) is 0 Å². The van der Waals surface area contributed by atoms with Crippen LogP contribution in [0.3, 0.4) is 0 Å². The predicted molar refractivity (Wildman–Crippen MR) is 92.0 cm³/mol. The molecule has 0 unspecified atom stereocenters. The molecule has 1 aliphatic rings. The van der Waals surface area contributed by atoms with Crippen molar-refractivity contribution in [3.63, 3.8) is 0 Å². The fourth-order valence-electron chi connectivity index (χ4n) is 2.30. The molecule has 5 nitrogen and oxygen atoms in total. The van der Waals surface area contributed by atoms with Crippen LogP contribution in [0.15, 0.2) is 4.99 Å². The highest BCUT2D eigenvalue weighted by atomic mass is 32.2. The summed E-state index contributed by atoms with van der Waals surface area (Å²) in [6.07, 6.45) is 7.31. The third-order valence-corrected chi connectivity index (χ3v) is 4.16. The van der Waals surface area contributed by atoms with Crippen LogP contribution in [0.25, 0.3) is 0 Å². The van der Waals surface area contributed by atoms with Crippen LogP contribution in [0.4, 0.5) is 0 Å². The van der Waals surface area contributed by atoms with Crippen molar-refractivity contribution >= 4 is 23.6 Å². The number of hydrogen-bond acceptors (Lipinski definition) is 3. The molecule has 6 heteroatoms. The van der Waals surface area contributed by atoms with Crippen molar-refractivity contribution in [1.82, 2.24) is 15.5 Å². The van der Waals surface area contributed by atoms with Crippen LogP contribution in [0.2, 0.25) is 0 Å². The van der Waals surface area contributed by atoms with E-state index in [0.717, 1.165) is 51.4 Å². The number of amides is 1. The van der Waals surface area contributed by atoms with Gasteiger partial charge in [-0.2, -0.15) is 11.8 Å². The van der Waals surface area contributed by atoms with Crippen molar-refractivity contribution in [2.75, 3.05) is 44.7 Å². The maximum absolute atomic E-state index is 11.9. The molecule has 2 N–H and O–H groups in total. The van der Waals surface area contributed by atoms with Gasteiger partial charge in [0.05, 0.1) is 0 Å². The van der Waals surface area contributed by atoms with Gasteiger partial charge < -0.3 is 15.5 Å². The van der Waals surface area contributed by atoms with Gasteiger partial charge in [0.2, 0.25) is 5.91 Å². The summed E-state index contributed by atoms with van der Waals surface area (Å²) in [6.45, 7) is 6.27. The van der Waals surface area contributed by atoms with Gasteiger partial charge in [-0.05, 0) is 44.6 Å². The zero-order valence-electron chi connectivity index (χ0n) is 13.5. The second-order valence-electron chi connectivity index (χ2n) is 5.23. The Hall–Kier alpha value is -0.910. The maximum atomic E-state index is 11.9. The highest BCUT2D eigenvalue weighted by Gasteiger charge is 2.17. The maximum Gasteiger partial charge on any atom is 0.224 e. The number of hydrogen-bond donors (Lipinski definition) is 2.